The SMILES string of the molecule is C=C(CCC)c1c(NC(CC)C2CC2F)sc2c1CCC=C2. The van der Waals surface area contributed by atoms with Gasteiger partial charge in [0, 0.05) is 22.4 Å². The van der Waals surface area contributed by atoms with Gasteiger partial charge in [0.2, 0.25) is 0 Å². The predicted octanol–water partition coefficient (Wildman–Crippen LogP) is 6.07. The summed E-state index contributed by atoms with van der Waals surface area (Å²) < 4.78 is 13.5. The van der Waals surface area contributed by atoms with Crippen molar-refractivity contribution >= 4 is 28.0 Å². The van der Waals surface area contributed by atoms with E-state index in [2.05, 4.69) is 37.9 Å². The molecule has 2 aliphatic rings. The molecule has 1 saturated carbocycles. The van der Waals surface area contributed by atoms with Crippen LogP contribution in [-0.4, -0.2) is 12.2 Å². The van der Waals surface area contributed by atoms with Gasteiger partial charge in [0.1, 0.15) is 6.17 Å². The number of rotatable bonds is 7. The van der Waals surface area contributed by atoms with Crippen molar-refractivity contribution in [3.8, 4) is 0 Å². The zero-order valence-electron chi connectivity index (χ0n) is 13.6. The van der Waals surface area contributed by atoms with Crippen molar-refractivity contribution in [2.75, 3.05) is 5.32 Å². The minimum Gasteiger partial charge on any atom is -0.373 e. The van der Waals surface area contributed by atoms with E-state index >= 15 is 0 Å². The van der Waals surface area contributed by atoms with Gasteiger partial charge in [-0.2, -0.15) is 0 Å². The fraction of sp³-hybridized carbons (Fsp3) is 0.579. The van der Waals surface area contributed by atoms with Gasteiger partial charge in [-0.25, -0.2) is 4.39 Å². The number of hydrogen-bond acceptors (Lipinski definition) is 2. The lowest BCUT2D eigenvalue weighted by Gasteiger charge is -2.19. The summed E-state index contributed by atoms with van der Waals surface area (Å²) in [6.45, 7) is 8.68. The fourth-order valence-electron chi connectivity index (χ4n) is 3.46. The van der Waals surface area contributed by atoms with Crippen LogP contribution in [0, 0.1) is 5.92 Å². The van der Waals surface area contributed by atoms with Gasteiger partial charge in [0.15, 0.2) is 0 Å². The van der Waals surface area contributed by atoms with E-state index in [-0.39, 0.29) is 12.0 Å². The van der Waals surface area contributed by atoms with E-state index in [9.17, 15) is 4.39 Å². The van der Waals surface area contributed by atoms with E-state index in [1.54, 1.807) is 0 Å². The molecule has 0 aliphatic heterocycles. The Morgan fingerprint density at radius 3 is 2.91 bits per heavy atom. The standard InChI is InChI=1S/C19H26FNS/c1-4-8-12(3)18-13-9-6-7-10-17(13)22-19(18)21-16(5-2)14-11-15(14)20/h7,10,14-16,21H,3-6,8-9,11H2,1-2H3. The molecule has 3 atom stereocenters. The van der Waals surface area contributed by atoms with Crippen molar-refractivity contribution in [1.82, 2.24) is 0 Å². The van der Waals surface area contributed by atoms with Gasteiger partial charge in [-0.15, -0.1) is 11.3 Å². The largest absolute Gasteiger partial charge is 0.373 e. The van der Waals surface area contributed by atoms with Gasteiger partial charge >= 0.3 is 0 Å². The molecular weight excluding hydrogens is 293 g/mol. The zero-order valence-corrected chi connectivity index (χ0v) is 14.4. The Balaban J connectivity index is 1.90. The lowest BCUT2D eigenvalue weighted by Crippen LogP contribution is -2.22. The smallest absolute Gasteiger partial charge is 0.105 e. The fourth-order valence-corrected chi connectivity index (χ4v) is 4.76. The quantitative estimate of drug-likeness (QED) is 0.643. The van der Waals surface area contributed by atoms with Gasteiger partial charge in [-0.1, -0.05) is 32.9 Å². The molecule has 3 unspecified atom stereocenters. The summed E-state index contributed by atoms with van der Waals surface area (Å²) in [5.41, 5.74) is 4.02. The first-order chi connectivity index (χ1) is 10.7. The van der Waals surface area contributed by atoms with Crippen LogP contribution in [0.4, 0.5) is 9.39 Å². The van der Waals surface area contributed by atoms with Crippen molar-refractivity contribution in [2.24, 2.45) is 5.92 Å². The minimum absolute atomic E-state index is 0.201. The molecule has 1 fully saturated rings. The summed E-state index contributed by atoms with van der Waals surface area (Å²) >= 11 is 1.83. The monoisotopic (exact) mass is 319 g/mol. The highest BCUT2D eigenvalue weighted by Crippen LogP contribution is 2.45. The Morgan fingerprint density at radius 1 is 1.50 bits per heavy atom. The highest BCUT2D eigenvalue weighted by molar-refractivity contribution is 7.17. The molecule has 0 saturated heterocycles. The molecule has 2 aliphatic carbocycles. The van der Waals surface area contributed by atoms with Crippen molar-refractivity contribution in [2.45, 2.75) is 64.6 Å². The van der Waals surface area contributed by atoms with E-state index < -0.39 is 6.17 Å². The first-order valence-electron chi connectivity index (χ1n) is 8.56. The maximum atomic E-state index is 13.5. The van der Waals surface area contributed by atoms with Crippen LogP contribution < -0.4 is 5.32 Å². The van der Waals surface area contributed by atoms with E-state index in [0.29, 0.717) is 0 Å². The molecule has 1 aromatic rings. The second kappa shape index (κ2) is 6.57. The van der Waals surface area contributed by atoms with Crippen LogP contribution in [0.5, 0.6) is 0 Å². The summed E-state index contributed by atoms with van der Waals surface area (Å²) in [5.74, 6) is 0.201. The summed E-state index contributed by atoms with van der Waals surface area (Å²) in [7, 11) is 0. The van der Waals surface area contributed by atoms with E-state index in [1.807, 2.05) is 11.3 Å². The first-order valence-corrected chi connectivity index (χ1v) is 9.38. The Bertz CT molecular complexity index is 587. The third-order valence-corrected chi connectivity index (χ3v) is 5.93. The Labute approximate surface area is 137 Å². The Kier molecular flexibility index (Phi) is 4.72. The average molecular weight is 319 g/mol. The zero-order chi connectivity index (χ0) is 15.7. The summed E-state index contributed by atoms with van der Waals surface area (Å²) in [5, 5.41) is 4.89. The van der Waals surface area contributed by atoms with Crippen LogP contribution in [0.15, 0.2) is 12.7 Å². The lowest BCUT2D eigenvalue weighted by molar-refractivity contribution is 0.423. The molecule has 1 nitrogen and oxygen atoms in total. The normalized spacial score (nSPS) is 24.0. The third-order valence-electron chi connectivity index (χ3n) is 4.81. The van der Waals surface area contributed by atoms with Crippen LogP contribution >= 0.6 is 11.3 Å². The molecule has 0 aromatic carbocycles. The molecule has 0 amide bonds. The van der Waals surface area contributed by atoms with Crippen LogP contribution in [0.1, 0.15) is 62.0 Å². The Morgan fingerprint density at radius 2 is 2.27 bits per heavy atom. The second-order valence-electron chi connectivity index (χ2n) is 6.52. The van der Waals surface area contributed by atoms with E-state index in [0.717, 1.165) is 38.5 Å². The summed E-state index contributed by atoms with van der Waals surface area (Å²) in [6, 6.07) is 0.257. The number of halogens is 1. The predicted molar refractivity (Wildman–Crippen MR) is 96.3 cm³/mol. The molecule has 120 valence electrons. The maximum Gasteiger partial charge on any atom is 0.105 e. The van der Waals surface area contributed by atoms with E-state index in [4.69, 9.17) is 0 Å². The van der Waals surface area contributed by atoms with E-state index in [1.165, 1.54) is 26.6 Å². The van der Waals surface area contributed by atoms with Gasteiger partial charge in [0.25, 0.3) is 0 Å². The number of fused-ring (bicyclic) bond motifs is 1. The number of nitrogens with one attached hydrogen (secondary N) is 1. The maximum absolute atomic E-state index is 13.5. The number of alkyl halides is 1. The third kappa shape index (κ3) is 3.01. The average Bonchev–Trinajstić information content (AvgIpc) is 3.11. The van der Waals surface area contributed by atoms with Crippen molar-refractivity contribution in [3.63, 3.8) is 0 Å². The minimum atomic E-state index is -0.603. The number of anilines is 1. The molecule has 3 rings (SSSR count). The number of hydrogen-bond donors (Lipinski definition) is 1. The van der Waals surface area contributed by atoms with Crippen molar-refractivity contribution < 1.29 is 4.39 Å². The highest BCUT2D eigenvalue weighted by atomic mass is 32.1. The van der Waals surface area contributed by atoms with Crippen LogP contribution in [0.25, 0.3) is 11.6 Å². The highest BCUT2D eigenvalue weighted by Gasteiger charge is 2.43. The molecule has 22 heavy (non-hydrogen) atoms. The lowest BCUT2D eigenvalue weighted by atomic mass is 9.94. The molecule has 3 heteroatoms. The van der Waals surface area contributed by atoms with Gasteiger partial charge < -0.3 is 5.32 Å². The molecule has 1 aromatic heterocycles. The molecular formula is C19H26FNS. The molecule has 1 N–H and O–H groups in total. The molecule has 0 bridgehead atoms. The van der Waals surface area contributed by atoms with Crippen LogP contribution in [0.2, 0.25) is 0 Å². The molecule has 0 spiro atoms. The summed E-state index contributed by atoms with van der Waals surface area (Å²) in [4.78, 5) is 1.36. The van der Waals surface area contributed by atoms with Crippen molar-refractivity contribution in [3.05, 3.63) is 28.7 Å². The second-order valence-corrected chi connectivity index (χ2v) is 7.57. The molecule has 1 heterocycles. The Hall–Kier alpha value is -1.09. The number of allylic oxidation sites excluding steroid dienone is 2. The van der Waals surface area contributed by atoms with Gasteiger partial charge in [-0.3, -0.25) is 0 Å². The molecule has 0 radical (unpaired) electrons. The van der Waals surface area contributed by atoms with Crippen molar-refractivity contribution in [1.29, 1.82) is 0 Å². The summed E-state index contributed by atoms with van der Waals surface area (Å²) in [6.07, 6.45) is 9.96. The number of thiophene rings is 1. The van der Waals surface area contributed by atoms with Crippen LogP contribution in [0.3, 0.4) is 0 Å². The first kappa shape index (κ1) is 15.8. The van der Waals surface area contributed by atoms with Gasteiger partial charge in [-0.05, 0) is 49.3 Å². The van der Waals surface area contributed by atoms with Gasteiger partial charge in [0.05, 0.1) is 5.00 Å². The van der Waals surface area contributed by atoms with Crippen LogP contribution in [-0.2, 0) is 6.42 Å². The topological polar surface area (TPSA) is 12.0 Å².